The standard InChI is InChI=1S/C26H22N4O2S/c1-33(31)26-27-15-13-22(28-26)25-24(29-23-12-5-6-16-30(23)25)20-10-7-11-21(18-20)32-17-14-19-8-3-2-4-9-19/h2-13,15-16,18H,14,17H2,1H3. The van der Waals surface area contributed by atoms with Crippen molar-refractivity contribution < 1.29 is 8.95 Å². The largest absolute Gasteiger partial charge is 0.493 e. The average molecular weight is 455 g/mol. The van der Waals surface area contributed by atoms with Crippen LogP contribution < -0.4 is 4.74 Å². The Balaban J connectivity index is 1.51. The molecule has 0 N–H and O–H groups in total. The third-order valence-electron chi connectivity index (χ3n) is 5.27. The van der Waals surface area contributed by atoms with Crippen molar-refractivity contribution in [2.45, 2.75) is 11.6 Å². The minimum Gasteiger partial charge on any atom is -0.493 e. The lowest BCUT2D eigenvalue weighted by molar-refractivity contribution is 0.322. The molecular weight excluding hydrogens is 432 g/mol. The van der Waals surface area contributed by atoms with Crippen molar-refractivity contribution in [2.75, 3.05) is 12.9 Å². The molecule has 7 heteroatoms. The van der Waals surface area contributed by atoms with Crippen LogP contribution in [0.15, 0.2) is 96.4 Å². The summed E-state index contributed by atoms with van der Waals surface area (Å²) < 4.78 is 20.0. The van der Waals surface area contributed by atoms with Gasteiger partial charge in [0.2, 0.25) is 5.16 Å². The van der Waals surface area contributed by atoms with Gasteiger partial charge in [-0.1, -0.05) is 48.5 Å². The monoisotopic (exact) mass is 454 g/mol. The maximum atomic E-state index is 12.0. The molecule has 0 aliphatic rings. The van der Waals surface area contributed by atoms with Gasteiger partial charge in [-0.3, -0.25) is 8.61 Å². The smallest absolute Gasteiger partial charge is 0.218 e. The zero-order valence-electron chi connectivity index (χ0n) is 18.1. The summed E-state index contributed by atoms with van der Waals surface area (Å²) in [7, 11) is -1.28. The molecule has 0 saturated carbocycles. The molecule has 0 fully saturated rings. The van der Waals surface area contributed by atoms with Crippen molar-refractivity contribution in [3.8, 4) is 28.4 Å². The summed E-state index contributed by atoms with van der Waals surface area (Å²) in [6, 6.07) is 25.9. The summed E-state index contributed by atoms with van der Waals surface area (Å²) in [6.07, 6.45) is 5.99. The van der Waals surface area contributed by atoms with Crippen LogP contribution >= 0.6 is 0 Å². The van der Waals surface area contributed by atoms with E-state index in [0.29, 0.717) is 17.5 Å². The van der Waals surface area contributed by atoms with E-state index in [4.69, 9.17) is 9.72 Å². The van der Waals surface area contributed by atoms with Crippen LogP contribution in [0.25, 0.3) is 28.3 Å². The molecule has 164 valence electrons. The molecule has 1 atom stereocenters. The number of benzene rings is 2. The van der Waals surface area contributed by atoms with Gasteiger partial charge in [0.05, 0.1) is 34.5 Å². The van der Waals surface area contributed by atoms with Gasteiger partial charge in [0.1, 0.15) is 11.4 Å². The Morgan fingerprint density at radius 3 is 2.64 bits per heavy atom. The van der Waals surface area contributed by atoms with Gasteiger partial charge in [-0.15, -0.1) is 0 Å². The average Bonchev–Trinajstić information content (AvgIpc) is 3.25. The molecule has 0 amide bonds. The lowest BCUT2D eigenvalue weighted by Gasteiger charge is -2.09. The maximum absolute atomic E-state index is 12.0. The lowest BCUT2D eigenvalue weighted by atomic mass is 10.1. The van der Waals surface area contributed by atoms with Crippen molar-refractivity contribution in [2.24, 2.45) is 0 Å². The Kier molecular flexibility index (Phi) is 5.95. The van der Waals surface area contributed by atoms with Gasteiger partial charge in [0.15, 0.2) is 0 Å². The zero-order chi connectivity index (χ0) is 22.6. The molecule has 2 aromatic carbocycles. The molecule has 5 aromatic rings. The molecule has 33 heavy (non-hydrogen) atoms. The van der Waals surface area contributed by atoms with E-state index in [-0.39, 0.29) is 0 Å². The molecule has 0 aliphatic carbocycles. The lowest BCUT2D eigenvalue weighted by Crippen LogP contribution is -2.01. The SMILES string of the molecule is CS(=O)c1nccc(-c2c(-c3cccc(OCCc4ccccc4)c3)nc3ccccn23)n1. The van der Waals surface area contributed by atoms with E-state index in [1.165, 1.54) is 5.56 Å². The molecule has 3 heterocycles. The topological polar surface area (TPSA) is 69.4 Å². The Morgan fingerprint density at radius 1 is 0.939 bits per heavy atom. The fourth-order valence-corrected chi connectivity index (χ4v) is 4.15. The number of pyridine rings is 1. The van der Waals surface area contributed by atoms with Crippen molar-refractivity contribution >= 4 is 16.4 Å². The third kappa shape index (κ3) is 4.54. The van der Waals surface area contributed by atoms with Gasteiger partial charge < -0.3 is 4.74 Å². The first-order chi connectivity index (χ1) is 16.2. The summed E-state index contributed by atoms with van der Waals surface area (Å²) >= 11 is 0. The summed E-state index contributed by atoms with van der Waals surface area (Å²) in [6.45, 7) is 0.586. The fourth-order valence-electron chi connectivity index (χ4n) is 3.72. The van der Waals surface area contributed by atoms with Gasteiger partial charge >= 0.3 is 0 Å². The predicted molar refractivity (Wildman–Crippen MR) is 130 cm³/mol. The molecule has 0 spiro atoms. The van der Waals surface area contributed by atoms with E-state index in [1.54, 1.807) is 12.5 Å². The molecule has 0 bridgehead atoms. The first-order valence-electron chi connectivity index (χ1n) is 10.6. The number of fused-ring (bicyclic) bond motifs is 1. The van der Waals surface area contributed by atoms with Crippen LogP contribution in [0.4, 0.5) is 0 Å². The minimum absolute atomic E-state index is 0.294. The molecule has 0 aliphatic heterocycles. The summed E-state index contributed by atoms with van der Waals surface area (Å²) in [4.78, 5) is 13.6. The van der Waals surface area contributed by atoms with E-state index in [1.807, 2.05) is 77.3 Å². The second-order valence-electron chi connectivity index (χ2n) is 7.53. The molecule has 3 aromatic heterocycles. The Hall–Kier alpha value is -3.84. The maximum Gasteiger partial charge on any atom is 0.218 e. The third-order valence-corrected chi connectivity index (χ3v) is 5.98. The first-order valence-corrected chi connectivity index (χ1v) is 12.2. The summed E-state index contributed by atoms with van der Waals surface area (Å²) in [5.74, 6) is 0.782. The molecule has 5 rings (SSSR count). The van der Waals surface area contributed by atoms with Crippen LogP contribution in [0.2, 0.25) is 0 Å². The van der Waals surface area contributed by atoms with E-state index in [2.05, 4.69) is 22.1 Å². The molecule has 0 saturated heterocycles. The Labute approximate surface area is 194 Å². The highest BCUT2D eigenvalue weighted by Gasteiger charge is 2.18. The highest BCUT2D eigenvalue weighted by molar-refractivity contribution is 7.84. The van der Waals surface area contributed by atoms with Crippen molar-refractivity contribution in [1.29, 1.82) is 0 Å². The molecule has 1 unspecified atom stereocenters. The zero-order valence-corrected chi connectivity index (χ0v) is 18.9. The normalized spacial score (nSPS) is 12.0. The van der Waals surface area contributed by atoms with E-state index in [0.717, 1.165) is 34.8 Å². The highest BCUT2D eigenvalue weighted by atomic mass is 32.2. The quantitative estimate of drug-likeness (QED) is 0.330. The van der Waals surface area contributed by atoms with Gasteiger partial charge in [0.25, 0.3) is 0 Å². The first kappa shape index (κ1) is 21.0. The van der Waals surface area contributed by atoms with Crippen LogP contribution in [0.1, 0.15) is 5.56 Å². The predicted octanol–water partition coefficient (Wildman–Crippen LogP) is 4.82. The van der Waals surface area contributed by atoms with E-state index >= 15 is 0 Å². The molecule has 6 nitrogen and oxygen atoms in total. The van der Waals surface area contributed by atoms with Crippen LogP contribution in [-0.2, 0) is 17.2 Å². The number of hydrogen-bond donors (Lipinski definition) is 0. The van der Waals surface area contributed by atoms with Crippen LogP contribution in [-0.4, -0.2) is 36.4 Å². The second-order valence-corrected chi connectivity index (χ2v) is 8.80. The number of aromatic nitrogens is 4. The number of hydrogen-bond acceptors (Lipinski definition) is 5. The minimum atomic E-state index is -1.28. The number of nitrogens with zero attached hydrogens (tertiary/aromatic N) is 4. The van der Waals surface area contributed by atoms with Gasteiger partial charge in [-0.2, -0.15) is 0 Å². The Morgan fingerprint density at radius 2 is 1.79 bits per heavy atom. The van der Waals surface area contributed by atoms with Gasteiger partial charge in [0, 0.05) is 30.6 Å². The summed E-state index contributed by atoms with van der Waals surface area (Å²) in [5, 5.41) is 0.294. The van der Waals surface area contributed by atoms with Gasteiger partial charge in [-0.05, 0) is 35.9 Å². The Bertz CT molecular complexity index is 1430. The van der Waals surface area contributed by atoms with Crippen LogP contribution in [0, 0.1) is 0 Å². The number of imidazole rings is 1. The van der Waals surface area contributed by atoms with Crippen molar-refractivity contribution in [3.63, 3.8) is 0 Å². The van der Waals surface area contributed by atoms with E-state index < -0.39 is 10.8 Å². The van der Waals surface area contributed by atoms with Crippen molar-refractivity contribution in [3.05, 3.63) is 96.8 Å². The number of rotatable bonds is 7. The number of ether oxygens (including phenoxy) is 1. The molecular formula is C26H22N4O2S. The van der Waals surface area contributed by atoms with E-state index in [9.17, 15) is 4.21 Å². The van der Waals surface area contributed by atoms with Crippen molar-refractivity contribution in [1.82, 2.24) is 19.4 Å². The van der Waals surface area contributed by atoms with Crippen LogP contribution in [0.3, 0.4) is 0 Å². The van der Waals surface area contributed by atoms with Gasteiger partial charge in [-0.25, -0.2) is 15.0 Å². The second kappa shape index (κ2) is 9.34. The molecule has 0 radical (unpaired) electrons. The summed E-state index contributed by atoms with van der Waals surface area (Å²) in [5.41, 5.74) is 5.23. The highest BCUT2D eigenvalue weighted by Crippen LogP contribution is 2.33. The van der Waals surface area contributed by atoms with Crippen LogP contribution in [0.5, 0.6) is 5.75 Å². The fraction of sp³-hybridized carbons (Fsp3) is 0.115.